The molecule has 1 saturated heterocycles. The Kier molecular flexibility index (Phi) is 5.51. The summed E-state index contributed by atoms with van der Waals surface area (Å²) in [6.07, 6.45) is 0.520. The SMILES string of the molecule is CCc1c(C(=O)N2CCSCC2CC(=O)O)[nH]c(C)c1C(C)=O. The Labute approximate surface area is 139 Å². The van der Waals surface area contributed by atoms with Gasteiger partial charge in [0, 0.05) is 29.3 Å². The van der Waals surface area contributed by atoms with Crippen molar-refractivity contribution in [2.24, 2.45) is 0 Å². The highest BCUT2D eigenvalue weighted by Crippen LogP contribution is 2.25. The number of thioether (sulfide) groups is 1. The Morgan fingerprint density at radius 2 is 2.09 bits per heavy atom. The molecule has 1 aromatic heterocycles. The van der Waals surface area contributed by atoms with Gasteiger partial charge in [-0.2, -0.15) is 11.8 Å². The summed E-state index contributed by atoms with van der Waals surface area (Å²) in [6.45, 7) is 5.71. The van der Waals surface area contributed by atoms with Crippen LogP contribution in [-0.4, -0.2) is 56.7 Å². The first-order valence-corrected chi connectivity index (χ1v) is 8.85. The van der Waals surface area contributed by atoms with Crippen molar-refractivity contribution in [3.8, 4) is 0 Å². The van der Waals surface area contributed by atoms with Gasteiger partial charge in [-0.3, -0.25) is 14.4 Å². The van der Waals surface area contributed by atoms with Gasteiger partial charge in [0.1, 0.15) is 5.69 Å². The van der Waals surface area contributed by atoms with Crippen molar-refractivity contribution in [2.75, 3.05) is 18.1 Å². The van der Waals surface area contributed by atoms with Crippen LogP contribution in [0.1, 0.15) is 52.4 Å². The first-order valence-electron chi connectivity index (χ1n) is 7.69. The number of carboxylic acids is 1. The van der Waals surface area contributed by atoms with E-state index in [1.807, 2.05) is 6.92 Å². The van der Waals surface area contributed by atoms with Crippen LogP contribution in [0.4, 0.5) is 0 Å². The number of amides is 1. The van der Waals surface area contributed by atoms with Crippen LogP contribution in [0, 0.1) is 6.92 Å². The van der Waals surface area contributed by atoms with E-state index in [9.17, 15) is 14.4 Å². The van der Waals surface area contributed by atoms with Gasteiger partial charge in [0.2, 0.25) is 0 Å². The zero-order valence-corrected chi connectivity index (χ0v) is 14.5. The summed E-state index contributed by atoms with van der Waals surface area (Å²) in [5.74, 6) is 0.245. The van der Waals surface area contributed by atoms with Crippen molar-refractivity contribution in [3.63, 3.8) is 0 Å². The van der Waals surface area contributed by atoms with Gasteiger partial charge in [0.15, 0.2) is 5.78 Å². The van der Waals surface area contributed by atoms with Crippen LogP contribution in [0.15, 0.2) is 0 Å². The Hall–Kier alpha value is -1.76. The number of Topliss-reactive ketones (excluding diaryl/α,β-unsaturated/α-hetero) is 1. The smallest absolute Gasteiger partial charge is 0.305 e. The Bertz CT molecular complexity index is 638. The molecule has 1 amide bonds. The molecule has 2 heterocycles. The molecule has 0 saturated carbocycles. The number of aliphatic carboxylic acids is 1. The van der Waals surface area contributed by atoms with Crippen LogP contribution in [0.2, 0.25) is 0 Å². The number of aromatic amines is 1. The molecule has 6 nitrogen and oxygen atoms in total. The third kappa shape index (κ3) is 3.60. The molecule has 1 aromatic rings. The molecule has 126 valence electrons. The van der Waals surface area contributed by atoms with Crippen LogP contribution in [0.3, 0.4) is 0 Å². The van der Waals surface area contributed by atoms with Crippen molar-refractivity contribution in [1.82, 2.24) is 9.88 Å². The molecule has 0 aromatic carbocycles. The average Bonchev–Trinajstić information content (AvgIpc) is 2.83. The summed E-state index contributed by atoms with van der Waals surface area (Å²) in [4.78, 5) is 40.5. The molecule has 1 aliphatic heterocycles. The molecule has 0 radical (unpaired) electrons. The number of carboxylic acid groups (broad SMARTS) is 1. The molecule has 23 heavy (non-hydrogen) atoms. The van der Waals surface area contributed by atoms with Crippen LogP contribution >= 0.6 is 11.8 Å². The number of nitrogens with one attached hydrogen (secondary N) is 1. The molecule has 2 rings (SSSR count). The van der Waals surface area contributed by atoms with Crippen molar-refractivity contribution in [2.45, 2.75) is 39.7 Å². The number of H-pyrrole nitrogens is 1. The molecule has 2 N–H and O–H groups in total. The van der Waals surface area contributed by atoms with Crippen LogP contribution in [0.5, 0.6) is 0 Å². The van der Waals surface area contributed by atoms with E-state index >= 15 is 0 Å². The third-order valence-electron chi connectivity index (χ3n) is 4.11. The third-order valence-corrected chi connectivity index (χ3v) is 5.20. The van der Waals surface area contributed by atoms with Crippen molar-refractivity contribution >= 4 is 29.4 Å². The lowest BCUT2D eigenvalue weighted by Crippen LogP contribution is -2.47. The number of rotatable bonds is 5. The van der Waals surface area contributed by atoms with Crippen molar-refractivity contribution in [3.05, 3.63) is 22.5 Å². The zero-order chi connectivity index (χ0) is 17.1. The van der Waals surface area contributed by atoms with Crippen LogP contribution in [-0.2, 0) is 11.2 Å². The Morgan fingerprint density at radius 1 is 1.39 bits per heavy atom. The van der Waals surface area contributed by atoms with Crippen molar-refractivity contribution < 1.29 is 19.5 Å². The lowest BCUT2D eigenvalue weighted by molar-refractivity contribution is -0.138. The Balaban J connectivity index is 2.37. The lowest BCUT2D eigenvalue weighted by atomic mass is 10.0. The molecule has 1 aliphatic rings. The normalized spacial score (nSPS) is 18.0. The molecule has 0 bridgehead atoms. The first-order chi connectivity index (χ1) is 10.9. The van der Waals surface area contributed by atoms with Gasteiger partial charge in [0.25, 0.3) is 5.91 Å². The summed E-state index contributed by atoms with van der Waals surface area (Å²) in [5, 5.41) is 9.06. The van der Waals surface area contributed by atoms with Gasteiger partial charge in [-0.1, -0.05) is 6.92 Å². The standard InChI is InChI=1S/C16H22N2O4S/c1-4-12-14(10(3)19)9(2)17-15(12)16(22)18-5-6-23-8-11(18)7-13(20)21/h11,17H,4-8H2,1-3H3,(H,20,21). The number of aryl methyl sites for hydroxylation is 1. The average molecular weight is 338 g/mol. The number of carbonyl (C=O) groups is 3. The maximum atomic E-state index is 12.9. The lowest BCUT2D eigenvalue weighted by Gasteiger charge is -2.34. The molecule has 0 spiro atoms. The molecule has 1 fully saturated rings. The van der Waals surface area contributed by atoms with E-state index < -0.39 is 5.97 Å². The van der Waals surface area contributed by atoms with Crippen LogP contribution < -0.4 is 0 Å². The largest absolute Gasteiger partial charge is 0.481 e. The van der Waals surface area contributed by atoms with Crippen molar-refractivity contribution in [1.29, 1.82) is 0 Å². The second-order valence-electron chi connectivity index (χ2n) is 5.71. The molecule has 7 heteroatoms. The summed E-state index contributed by atoms with van der Waals surface area (Å²) in [6, 6.07) is -0.312. The summed E-state index contributed by atoms with van der Waals surface area (Å²) in [5.41, 5.74) is 2.43. The van der Waals surface area contributed by atoms with Gasteiger partial charge in [-0.05, 0) is 25.8 Å². The summed E-state index contributed by atoms with van der Waals surface area (Å²) in [7, 11) is 0. The topological polar surface area (TPSA) is 90.5 Å². The van der Waals surface area contributed by atoms with E-state index in [1.54, 1.807) is 23.6 Å². The number of nitrogens with zero attached hydrogens (tertiary/aromatic N) is 1. The number of hydrogen-bond acceptors (Lipinski definition) is 4. The van der Waals surface area contributed by atoms with E-state index in [2.05, 4.69) is 4.98 Å². The fourth-order valence-electron chi connectivity index (χ4n) is 3.13. The first kappa shape index (κ1) is 17.6. The van der Waals surface area contributed by atoms with Gasteiger partial charge >= 0.3 is 5.97 Å². The summed E-state index contributed by atoms with van der Waals surface area (Å²) < 4.78 is 0. The van der Waals surface area contributed by atoms with E-state index in [4.69, 9.17) is 5.11 Å². The Morgan fingerprint density at radius 3 is 2.65 bits per heavy atom. The molecule has 1 unspecified atom stereocenters. The number of ketones is 1. The quantitative estimate of drug-likeness (QED) is 0.803. The van der Waals surface area contributed by atoms with E-state index in [0.29, 0.717) is 35.7 Å². The van der Waals surface area contributed by atoms with E-state index in [1.165, 1.54) is 6.92 Å². The maximum absolute atomic E-state index is 12.9. The van der Waals surface area contributed by atoms with E-state index in [-0.39, 0.29) is 24.2 Å². The monoisotopic (exact) mass is 338 g/mol. The number of hydrogen-bond donors (Lipinski definition) is 2. The maximum Gasteiger partial charge on any atom is 0.305 e. The van der Waals surface area contributed by atoms with Gasteiger partial charge < -0.3 is 15.0 Å². The van der Waals surface area contributed by atoms with Gasteiger partial charge in [-0.15, -0.1) is 0 Å². The minimum absolute atomic E-state index is 0.0561. The number of aromatic nitrogens is 1. The second kappa shape index (κ2) is 7.21. The predicted octanol–water partition coefficient (Wildman–Crippen LogP) is 2.12. The highest BCUT2D eigenvalue weighted by Gasteiger charge is 2.32. The minimum atomic E-state index is -0.905. The highest BCUT2D eigenvalue weighted by atomic mass is 32.2. The fraction of sp³-hybridized carbons (Fsp3) is 0.562. The predicted molar refractivity (Wildman–Crippen MR) is 89.3 cm³/mol. The minimum Gasteiger partial charge on any atom is -0.481 e. The second-order valence-corrected chi connectivity index (χ2v) is 6.86. The molecule has 0 aliphatic carbocycles. The van der Waals surface area contributed by atoms with Gasteiger partial charge in [-0.25, -0.2) is 0 Å². The highest BCUT2D eigenvalue weighted by molar-refractivity contribution is 7.99. The van der Waals surface area contributed by atoms with E-state index in [0.717, 1.165) is 11.3 Å². The van der Waals surface area contributed by atoms with Gasteiger partial charge in [0.05, 0.1) is 12.5 Å². The molecule has 1 atom stereocenters. The number of carbonyl (C=O) groups excluding carboxylic acids is 2. The zero-order valence-electron chi connectivity index (χ0n) is 13.6. The molecular formula is C16H22N2O4S. The fourth-order valence-corrected chi connectivity index (χ4v) is 4.19. The molecular weight excluding hydrogens is 316 g/mol. The summed E-state index contributed by atoms with van der Waals surface area (Å²) >= 11 is 1.66. The van der Waals surface area contributed by atoms with Crippen LogP contribution in [0.25, 0.3) is 0 Å².